The monoisotopic (exact) mass is 336 g/mol. The van der Waals surface area contributed by atoms with Gasteiger partial charge in [0.15, 0.2) is 0 Å². The predicted octanol–water partition coefficient (Wildman–Crippen LogP) is 2.41. The van der Waals surface area contributed by atoms with Gasteiger partial charge >= 0.3 is 0 Å². The lowest BCUT2D eigenvalue weighted by Crippen LogP contribution is -2.32. The van der Waals surface area contributed by atoms with E-state index in [0.29, 0.717) is 6.42 Å². The van der Waals surface area contributed by atoms with Gasteiger partial charge in [-0.15, -0.1) is 6.58 Å². The summed E-state index contributed by atoms with van der Waals surface area (Å²) in [6.45, 7) is 5.24. The number of anilines is 1. The highest BCUT2D eigenvalue weighted by Gasteiger charge is 2.21. The zero-order valence-electron chi connectivity index (χ0n) is 9.78. The summed E-state index contributed by atoms with van der Waals surface area (Å²) in [7, 11) is -3.74. The van der Waals surface area contributed by atoms with E-state index in [4.69, 9.17) is 5.73 Å². The number of nitrogens with one attached hydrogen (secondary N) is 1. The molecular formula is C11H14BrFN2O2S. The molecule has 0 aliphatic carbocycles. The lowest BCUT2D eigenvalue weighted by Gasteiger charge is -2.14. The fourth-order valence-corrected chi connectivity index (χ4v) is 3.68. The van der Waals surface area contributed by atoms with E-state index in [2.05, 4.69) is 27.2 Å². The van der Waals surface area contributed by atoms with Crippen LogP contribution < -0.4 is 10.5 Å². The first-order valence-electron chi connectivity index (χ1n) is 5.15. The molecule has 4 nitrogen and oxygen atoms in total. The van der Waals surface area contributed by atoms with Crippen molar-refractivity contribution in [3.05, 3.63) is 35.1 Å². The molecule has 18 heavy (non-hydrogen) atoms. The van der Waals surface area contributed by atoms with Crippen molar-refractivity contribution in [3.8, 4) is 0 Å². The van der Waals surface area contributed by atoms with Crippen molar-refractivity contribution in [1.82, 2.24) is 4.72 Å². The second kappa shape index (κ2) is 5.81. The van der Waals surface area contributed by atoms with Gasteiger partial charge in [0.1, 0.15) is 5.82 Å². The molecule has 0 aliphatic heterocycles. The van der Waals surface area contributed by atoms with Gasteiger partial charge in [0, 0.05) is 10.5 Å². The molecule has 0 aliphatic rings. The van der Waals surface area contributed by atoms with Gasteiger partial charge in [-0.3, -0.25) is 0 Å². The Labute approximate surface area is 114 Å². The number of nitrogens with two attached hydrogens (primary N) is 1. The van der Waals surface area contributed by atoms with Gasteiger partial charge in [0.05, 0.1) is 10.6 Å². The van der Waals surface area contributed by atoms with Crippen molar-refractivity contribution in [1.29, 1.82) is 0 Å². The highest BCUT2D eigenvalue weighted by Crippen LogP contribution is 2.26. The zero-order valence-corrected chi connectivity index (χ0v) is 12.2. The van der Waals surface area contributed by atoms with Gasteiger partial charge in [0.2, 0.25) is 10.0 Å². The van der Waals surface area contributed by atoms with Crippen molar-refractivity contribution in [3.63, 3.8) is 0 Å². The van der Waals surface area contributed by atoms with Gasteiger partial charge in [-0.1, -0.05) is 6.08 Å². The van der Waals surface area contributed by atoms with Crippen LogP contribution in [0.3, 0.4) is 0 Å². The summed E-state index contributed by atoms with van der Waals surface area (Å²) in [5.74, 6) is -0.667. The second-order valence-corrected chi connectivity index (χ2v) is 6.39. The summed E-state index contributed by atoms with van der Waals surface area (Å²) >= 11 is 3.01. The van der Waals surface area contributed by atoms with Crippen LogP contribution in [0.5, 0.6) is 0 Å². The molecule has 0 bridgehead atoms. The van der Waals surface area contributed by atoms with Crippen molar-refractivity contribution in [2.45, 2.75) is 24.3 Å². The van der Waals surface area contributed by atoms with E-state index >= 15 is 0 Å². The Balaban J connectivity index is 3.13. The lowest BCUT2D eigenvalue weighted by molar-refractivity contribution is 0.561. The minimum absolute atomic E-state index is 0.0858. The van der Waals surface area contributed by atoms with E-state index < -0.39 is 15.8 Å². The molecule has 0 fully saturated rings. The molecule has 0 amide bonds. The predicted molar refractivity (Wildman–Crippen MR) is 73.1 cm³/mol. The zero-order chi connectivity index (χ0) is 13.9. The number of nitrogen functional groups attached to an aromatic ring is 1. The van der Waals surface area contributed by atoms with Crippen molar-refractivity contribution in [2.75, 3.05) is 5.73 Å². The molecule has 0 spiro atoms. The average Bonchev–Trinajstić information content (AvgIpc) is 2.22. The highest BCUT2D eigenvalue weighted by molar-refractivity contribution is 9.10. The molecule has 1 atom stereocenters. The van der Waals surface area contributed by atoms with Crippen LogP contribution in [0.25, 0.3) is 0 Å². The number of hydrogen-bond donors (Lipinski definition) is 2. The van der Waals surface area contributed by atoms with Crippen LogP contribution in [-0.2, 0) is 10.0 Å². The van der Waals surface area contributed by atoms with Crippen LogP contribution in [0.4, 0.5) is 10.1 Å². The van der Waals surface area contributed by atoms with Crippen LogP contribution in [0.15, 0.2) is 34.2 Å². The molecule has 3 N–H and O–H groups in total. The van der Waals surface area contributed by atoms with Gasteiger partial charge < -0.3 is 5.73 Å². The molecule has 1 rings (SSSR count). The quantitative estimate of drug-likeness (QED) is 0.640. The first-order valence-corrected chi connectivity index (χ1v) is 7.43. The first kappa shape index (κ1) is 15.1. The fraction of sp³-hybridized carbons (Fsp3) is 0.273. The summed E-state index contributed by atoms with van der Waals surface area (Å²) in [6, 6.07) is 1.82. The fourth-order valence-electron chi connectivity index (χ4n) is 1.38. The van der Waals surface area contributed by atoms with Crippen molar-refractivity contribution in [2.24, 2.45) is 0 Å². The molecule has 100 valence electrons. The minimum Gasteiger partial charge on any atom is -0.396 e. The third-order valence-electron chi connectivity index (χ3n) is 2.22. The van der Waals surface area contributed by atoms with Crippen molar-refractivity contribution < 1.29 is 12.8 Å². The maximum Gasteiger partial charge on any atom is 0.242 e. The van der Waals surface area contributed by atoms with Crippen LogP contribution in [0.1, 0.15) is 13.3 Å². The Hall–Kier alpha value is -0.920. The second-order valence-electron chi connectivity index (χ2n) is 3.85. The van der Waals surface area contributed by atoms with Crippen LogP contribution >= 0.6 is 15.9 Å². The van der Waals surface area contributed by atoms with Crippen LogP contribution in [0, 0.1) is 5.82 Å². The SMILES string of the molecule is C=CCC(C)NS(=O)(=O)c1cc(N)c(F)cc1Br. The Morgan fingerprint density at radius 3 is 2.78 bits per heavy atom. The minimum atomic E-state index is -3.74. The molecule has 0 aromatic heterocycles. The first-order chi connectivity index (χ1) is 8.27. The van der Waals surface area contributed by atoms with E-state index in [1.165, 1.54) is 0 Å². The molecule has 0 heterocycles. The van der Waals surface area contributed by atoms with E-state index in [-0.39, 0.29) is 21.1 Å². The normalized spacial score (nSPS) is 13.3. The molecule has 7 heteroatoms. The van der Waals surface area contributed by atoms with E-state index in [1.807, 2.05) is 0 Å². The number of benzene rings is 1. The topological polar surface area (TPSA) is 72.2 Å². The summed E-state index contributed by atoms with van der Waals surface area (Å²) < 4.78 is 39.8. The van der Waals surface area contributed by atoms with E-state index in [0.717, 1.165) is 12.1 Å². The molecule has 1 unspecified atom stereocenters. The van der Waals surface area contributed by atoms with Gasteiger partial charge in [0.25, 0.3) is 0 Å². The van der Waals surface area contributed by atoms with Crippen LogP contribution in [-0.4, -0.2) is 14.5 Å². The third-order valence-corrected chi connectivity index (χ3v) is 4.77. The number of rotatable bonds is 5. The summed E-state index contributed by atoms with van der Waals surface area (Å²) in [4.78, 5) is -0.0858. The molecule has 1 aromatic carbocycles. The summed E-state index contributed by atoms with van der Waals surface area (Å²) in [5.41, 5.74) is 5.16. The molecule has 0 saturated heterocycles. The Kier molecular flexibility index (Phi) is 4.89. The third kappa shape index (κ3) is 3.54. The largest absolute Gasteiger partial charge is 0.396 e. The van der Waals surface area contributed by atoms with Gasteiger partial charge in [-0.2, -0.15) is 0 Å². The molecule has 0 radical (unpaired) electrons. The number of sulfonamides is 1. The smallest absolute Gasteiger partial charge is 0.242 e. The molecular weight excluding hydrogens is 323 g/mol. The van der Waals surface area contributed by atoms with Gasteiger partial charge in [-0.25, -0.2) is 17.5 Å². The average molecular weight is 337 g/mol. The van der Waals surface area contributed by atoms with E-state index in [9.17, 15) is 12.8 Å². The Morgan fingerprint density at radius 2 is 2.22 bits per heavy atom. The molecule has 0 saturated carbocycles. The van der Waals surface area contributed by atoms with E-state index in [1.54, 1.807) is 13.0 Å². The Bertz CT molecular complexity index is 560. The lowest BCUT2D eigenvalue weighted by atomic mass is 10.3. The van der Waals surface area contributed by atoms with Crippen molar-refractivity contribution >= 4 is 31.6 Å². The maximum absolute atomic E-state index is 13.1. The van der Waals surface area contributed by atoms with Gasteiger partial charge in [-0.05, 0) is 41.4 Å². The number of halogens is 2. The number of hydrogen-bond acceptors (Lipinski definition) is 3. The summed E-state index contributed by atoms with van der Waals surface area (Å²) in [5, 5.41) is 0. The molecule has 1 aromatic rings. The highest BCUT2D eigenvalue weighted by atomic mass is 79.9. The Morgan fingerprint density at radius 1 is 1.61 bits per heavy atom. The summed E-state index contributed by atoms with van der Waals surface area (Å²) in [6.07, 6.45) is 2.11. The van der Waals surface area contributed by atoms with Crippen LogP contribution in [0.2, 0.25) is 0 Å². The maximum atomic E-state index is 13.1. The standard InChI is InChI=1S/C11H14BrFN2O2S/c1-3-4-7(2)15-18(16,17)11-6-10(14)9(13)5-8(11)12/h3,5-7,15H,1,4,14H2,2H3.